The van der Waals surface area contributed by atoms with Crippen LogP contribution >= 0.6 is 0 Å². The van der Waals surface area contributed by atoms with Crippen LogP contribution in [0, 0.1) is 0 Å². The van der Waals surface area contributed by atoms with Crippen LogP contribution in [0.2, 0.25) is 0 Å². The van der Waals surface area contributed by atoms with Crippen molar-refractivity contribution in [1.29, 1.82) is 0 Å². The first-order valence-corrected chi connectivity index (χ1v) is 9.55. The third-order valence-corrected chi connectivity index (χ3v) is 6.16. The van der Waals surface area contributed by atoms with Gasteiger partial charge in [0.2, 0.25) is 0 Å². The van der Waals surface area contributed by atoms with Gasteiger partial charge >= 0.3 is 0 Å². The summed E-state index contributed by atoms with van der Waals surface area (Å²) in [4.78, 5) is 14.6. The maximum atomic E-state index is 12.2. The molecule has 142 valence electrons. The highest BCUT2D eigenvalue weighted by Crippen LogP contribution is 2.37. The number of carbonyl (C=O) groups excluding carboxylic acids is 1. The molecule has 1 amide bonds. The second-order valence-electron chi connectivity index (χ2n) is 7.73. The minimum atomic E-state index is -1.88. The molecule has 5 nitrogen and oxygen atoms in total. The topological polar surface area (TPSA) is 75.8 Å². The number of aliphatic hydroxyl groups is 1. The lowest BCUT2D eigenvalue weighted by Crippen LogP contribution is -2.44. The summed E-state index contributed by atoms with van der Waals surface area (Å²) in [7, 11) is 2.20. The molecule has 5 heteroatoms. The summed E-state index contributed by atoms with van der Waals surface area (Å²) in [5, 5.41) is 11.2. The Bertz CT molecular complexity index is 811. The Kier molecular flexibility index (Phi) is 4.66. The molecule has 2 aliphatic rings. The van der Waals surface area contributed by atoms with Gasteiger partial charge in [0.15, 0.2) is 5.60 Å². The van der Waals surface area contributed by atoms with Gasteiger partial charge in [-0.15, -0.1) is 0 Å². The minimum Gasteiger partial charge on any atom is -0.490 e. The van der Waals surface area contributed by atoms with E-state index in [1.807, 2.05) is 12.1 Å². The summed E-state index contributed by atoms with van der Waals surface area (Å²) in [6, 6.07) is 17.1. The van der Waals surface area contributed by atoms with Crippen LogP contribution in [0.5, 0.6) is 5.75 Å². The van der Waals surface area contributed by atoms with Crippen LogP contribution in [0.3, 0.4) is 0 Å². The van der Waals surface area contributed by atoms with Gasteiger partial charge in [-0.1, -0.05) is 42.5 Å². The average Bonchev–Trinajstić information content (AvgIpc) is 2.89. The fourth-order valence-corrected chi connectivity index (χ4v) is 4.58. The number of nitrogens with zero attached hydrogens (tertiary/aromatic N) is 1. The Balaban J connectivity index is 1.59. The maximum Gasteiger partial charge on any atom is 0.258 e. The van der Waals surface area contributed by atoms with Gasteiger partial charge in [0, 0.05) is 17.6 Å². The molecule has 2 saturated heterocycles. The van der Waals surface area contributed by atoms with Crippen LogP contribution in [0.1, 0.15) is 36.8 Å². The number of fused-ring (bicyclic) bond motifs is 2. The summed E-state index contributed by atoms with van der Waals surface area (Å²) in [6.45, 7) is 0. The van der Waals surface area contributed by atoms with E-state index in [0.717, 1.165) is 12.8 Å². The Morgan fingerprint density at radius 3 is 2.33 bits per heavy atom. The van der Waals surface area contributed by atoms with Crippen molar-refractivity contribution in [3.63, 3.8) is 0 Å². The van der Waals surface area contributed by atoms with Gasteiger partial charge in [0.1, 0.15) is 11.9 Å². The van der Waals surface area contributed by atoms with Crippen molar-refractivity contribution in [3.05, 3.63) is 65.7 Å². The zero-order valence-electron chi connectivity index (χ0n) is 15.5. The van der Waals surface area contributed by atoms with Crippen molar-refractivity contribution in [2.75, 3.05) is 7.05 Å². The maximum absolute atomic E-state index is 12.2. The van der Waals surface area contributed by atoms with Crippen LogP contribution in [0.4, 0.5) is 0 Å². The molecule has 3 unspecified atom stereocenters. The van der Waals surface area contributed by atoms with Gasteiger partial charge < -0.3 is 20.5 Å². The molecule has 2 bridgehead atoms. The van der Waals surface area contributed by atoms with Crippen molar-refractivity contribution in [2.24, 2.45) is 5.73 Å². The molecule has 2 fully saturated rings. The highest BCUT2D eigenvalue weighted by molar-refractivity contribution is 5.88. The van der Waals surface area contributed by atoms with E-state index < -0.39 is 11.5 Å². The number of benzene rings is 2. The van der Waals surface area contributed by atoms with Gasteiger partial charge in [0.25, 0.3) is 5.91 Å². The summed E-state index contributed by atoms with van der Waals surface area (Å²) in [6.07, 6.45) is 4.64. The second-order valence-corrected chi connectivity index (χ2v) is 7.73. The number of hydrogen-bond donors (Lipinski definition) is 2. The summed E-state index contributed by atoms with van der Waals surface area (Å²) in [5.41, 5.74) is 4.59. The first-order valence-electron chi connectivity index (χ1n) is 9.55. The zero-order valence-corrected chi connectivity index (χ0v) is 15.5. The number of piperidine rings is 1. The lowest BCUT2D eigenvalue weighted by molar-refractivity contribution is -0.133. The number of nitrogens with two attached hydrogens (primary N) is 1. The monoisotopic (exact) mass is 366 g/mol. The highest BCUT2D eigenvalue weighted by atomic mass is 16.5. The van der Waals surface area contributed by atoms with Crippen molar-refractivity contribution < 1.29 is 14.6 Å². The number of amides is 1. The van der Waals surface area contributed by atoms with E-state index >= 15 is 0 Å². The summed E-state index contributed by atoms with van der Waals surface area (Å²) >= 11 is 0. The van der Waals surface area contributed by atoms with Gasteiger partial charge in [-0.25, -0.2) is 0 Å². The van der Waals surface area contributed by atoms with Crippen molar-refractivity contribution in [3.8, 4) is 5.75 Å². The SMILES string of the molecule is CN1C2CCC1CC(Oc1cccc(C(O)(C(N)=O)c3ccccc3)c1)C2. The first-order chi connectivity index (χ1) is 13.0. The average molecular weight is 366 g/mol. The van der Waals surface area contributed by atoms with Crippen molar-refractivity contribution in [2.45, 2.75) is 49.5 Å². The molecule has 4 rings (SSSR count). The molecule has 3 atom stereocenters. The van der Waals surface area contributed by atoms with Crippen molar-refractivity contribution >= 4 is 5.91 Å². The fraction of sp³-hybridized carbons (Fsp3) is 0.409. The Labute approximate surface area is 159 Å². The quantitative estimate of drug-likeness (QED) is 0.852. The van der Waals surface area contributed by atoms with Gasteiger partial charge in [-0.05, 0) is 50.4 Å². The predicted octanol–water partition coefficient (Wildman–Crippen LogP) is 2.41. The number of hydrogen-bond acceptors (Lipinski definition) is 4. The second kappa shape index (κ2) is 6.98. The third kappa shape index (κ3) is 3.22. The summed E-state index contributed by atoms with van der Waals surface area (Å²) in [5.74, 6) is -0.139. The molecule has 0 saturated carbocycles. The molecule has 0 spiro atoms. The number of carbonyl (C=O) groups is 1. The van der Waals surface area contributed by atoms with Crippen molar-refractivity contribution in [1.82, 2.24) is 4.90 Å². The van der Waals surface area contributed by atoms with Crippen LogP contribution in [-0.4, -0.2) is 41.1 Å². The van der Waals surface area contributed by atoms with Crippen LogP contribution < -0.4 is 10.5 Å². The standard InChI is InChI=1S/C22H26N2O3/c1-24-17-10-11-18(24)14-20(13-17)27-19-9-5-8-16(12-19)22(26,21(23)25)15-6-3-2-4-7-15/h2-9,12,17-18,20,26H,10-11,13-14H2,1H3,(H2,23,25). The van der Waals surface area contributed by atoms with E-state index in [4.69, 9.17) is 10.5 Å². The lowest BCUT2D eigenvalue weighted by Gasteiger charge is -2.36. The Morgan fingerprint density at radius 1 is 1.07 bits per heavy atom. The van der Waals surface area contributed by atoms with Crippen LogP contribution in [0.25, 0.3) is 0 Å². The van der Waals surface area contributed by atoms with E-state index in [2.05, 4.69) is 11.9 Å². The normalized spacial score (nSPS) is 27.1. The smallest absolute Gasteiger partial charge is 0.258 e. The van der Waals surface area contributed by atoms with E-state index in [9.17, 15) is 9.90 Å². The zero-order chi connectivity index (χ0) is 19.0. The first kappa shape index (κ1) is 18.0. The van der Waals surface area contributed by atoms with E-state index in [-0.39, 0.29) is 6.10 Å². The van der Waals surface area contributed by atoms with Gasteiger partial charge in [-0.2, -0.15) is 0 Å². The molecule has 2 aromatic rings. The molecular formula is C22H26N2O3. The molecule has 2 aliphatic heterocycles. The lowest BCUT2D eigenvalue weighted by atomic mass is 9.85. The Hall–Kier alpha value is -2.37. The van der Waals surface area contributed by atoms with E-state index in [0.29, 0.717) is 29.0 Å². The Morgan fingerprint density at radius 2 is 1.70 bits per heavy atom. The molecule has 2 aromatic carbocycles. The number of rotatable bonds is 5. The molecule has 27 heavy (non-hydrogen) atoms. The molecule has 2 heterocycles. The predicted molar refractivity (Wildman–Crippen MR) is 103 cm³/mol. The molecular weight excluding hydrogens is 340 g/mol. The van der Waals surface area contributed by atoms with E-state index in [1.165, 1.54) is 12.8 Å². The summed E-state index contributed by atoms with van der Waals surface area (Å²) < 4.78 is 6.25. The third-order valence-electron chi connectivity index (χ3n) is 6.16. The van der Waals surface area contributed by atoms with E-state index in [1.54, 1.807) is 42.5 Å². The highest BCUT2D eigenvalue weighted by Gasteiger charge is 2.40. The van der Waals surface area contributed by atoms with Gasteiger partial charge in [0.05, 0.1) is 0 Å². The molecule has 0 aliphatic carbocycles. The van der Waals surface area contributed by atoms with Crippen LogP contribution in [-0.2, 0) is 10.4 Å². The molecule has 3 N–H and O–H groups in total. The minimum absolute atomic E-state index is 0.160. The number of primary amides is 1. The fourth-order valence-electron chi connectivity index (χ4n) is 4.58. The number of ether oxygens (including phenoxy) is 1. The molecule has 0 aromatic heterocycles. The van der Waals surface area contributed by atoms with Gasteiger partial charge in [-0.3, -0.25) is 4.79 Å². The largest absolute Gasteiger partial charge is 0.490 e. The van der Waals surface area contributed by atoms with Crippen LogP contribution in [0.15, 0.2) is 54.6 Å². The molecule has 0 radical (unpaired) electrons.